The van der Waals surface area contributed by atoms with Crippen molar-refractivity contribution in [3.05, 3.63) is 47.5 Å². The number of aromatic nitrogens is 3. The highest BCUT2D eigenvalue weighted by molar-refractivity contribution is 5.32. The number of hydrogen-bond donors (Lipinski definition) is 1. The highest BCUT2D eigenvalue weighted by atomic mass is 15.3. The van der Waals surface area contributed by atoms with E-state index in [1.165, 1.54) is 11.1 Å². The van der Waals surface area contributed by atoms with Crippen molar-refractivity contribution in [1.29, 1.82) is 0 Å². The van der Waals surface area contributed by atoms with Gasteiger partial charge < -0.3 is 5.73 Å². The molecule has 1 aromatic carbocycles. The summed E-state index contributed by atoms with van der Waals surface area (Å²) in [6.07, 6.45) is 5.38. The molecule has 4 heteroatoms. The van der Waals surface area contributed by atoms with Crippen LogP contribution in [0.1, 0.15) is 23.4 Å². The van der Waals surface area contributed by atoms with Gasteiger partial charge in [-0.1, -0.05) is 24.3 Å². The van der Waals surface area contributed by atoms with E-state index in [-0.39, 0.29) is 5.54 Å². The predicted molar refractivity (Wildman–Crippen MR) is 70.1 cm³/mol. The molecule has 2 N–H and O–H groups in total. The Hall–Kier alpha value is -1.68. The van der Waals surface area contributed by atoms with E-state index in [4.69, 9.17) is 5.73 Å². The van der Waals surface area contributed by atoms with Crippen LogP contribution in [0.25, 0.3) is 0 Å². The second kappa shape index (κ2) is 4.21. The Bertz CT molecular complexity index is 560. The number of benzene rings is 1. The molecule has 1 heterocycles. The molecule has 18 heavy (non-hydrogen) atoms. The Kier molecular flexibility index (Phi) is 2.67. The molecule has 0 aliphatic heterocycles. The van der Waals surface area contributed by atoms with Crippen molar-refractivity contribution < 1.29 is 0 Å². The summed E-state index contributed by atoms with van der Waals surface area (Å²) in [4.78, 5) is 4.28. The van der Waals surface area contributed by atoms with E-state index in [9.17, 15) is 0 Å². The lowest BCUT2D eigenvalue weighted by Crippen LogP contribution is -2.47. The van der Waals surface area contributed by atoms with Gasteiger partial charge in [-0.3, -0.25) is 4.68 Å². The van der Waals surface area contributed by atoms with Gasteiger partial charge in [-0.05, 0) is 30.4 Å². The zero-order chi connectivity index (χ0) is 12.6. The Labute approximate surface area is 107 Å². The molecule has 0 fully saturated rings. The van der Waals surface area contributed by atoms with Gasteiger partial charge in [0.15, 0.2) is 0 Å². The smallest absolute Gasteiger partial charge is 0.138 e. The third kappa shape index (κ3) is 2.04. The first-order valence-electron chi connectivity index (χ1n) is 6.35. The summed E-state index contributed by atoms with van der Waals surface area (Å²) in [6.45, 7) is 0. The Morgan fingerprint density at radius 1 is 1.33 bits per heavy atom. The van der Waals surface area contributed by atoms with E-state index in [0.717, 1.165) is 31.5 Å². The molecule has 3 rings (SSSR count). The standard InChI is InChI=1S/C14H18N4/c1-18-13(16-10-17-18)9-14(15)7-6-11-4-2-3-5-12(11)8-14/h2-5,10H,6-9,15H2,1H3. The molecular weight excluding hydrogens is 224 g/mol. The molecule has 1 aromatic heterocycles. The predicted octanol–water partition coefficient (Wildman–Crippen LogP) is 1.24. The molecule has 1 unspecified atom stereocenters. The minimum atomic E-state index is -0.185. The van der Waals surface area contributed by atoms with Gasteiger partial charge in [0.1, 0.15) is 12.2 Å². The first-order chi connectivity index (χ1) is 8.66. The zero-order valence-electron chi connectivity index (χ0n) is 10.6. The number of hydrogen-bond acceptors (Lipinski definition) is 3. The lowest BCUT2D eigenvalue weighted by molar-refractivity contribution is 0.357. The SMILES string of the molecule is Cn1ncnc1CC1(N)CCc2ccccc2C1. The molecule has 1 aliphatic rings. The molecular formula is C14H18N4. The van der Waals surface area contributed by atoms with E-state index in [0.29, 0.717) is 0 Å². The van der Waals surface area contributed by atoms with Gasteiger partial charge in [0.2, 0.25) is 0 Å². The number of nitrogens with two attached hydrogens (primary N) is 1. The summed E-state index contributed by atoms with van der Waals surface area (Å²) in [7, 11) is 1.92. The van der Waals surface area contributed by atoms with Crippen LogP contribution < -0.4 is 5.73 Å². The molecule has 0 amide bonds. The fraction of sp³-hybridized carbons (Fsp3) is 0.429. The van der Waals surface area contributed by atoms with Crippen LogP contribution in [0.15, 0.2) is 30.6 Å². The largest absolute Gasteiger partial charge is 0.324 e. The highest BCUT2D eigenvalue weighted by Gasteiger charge is 2.31. The van der Waals surface area contributed by atoms with Crippen molar-refractivity contribution in [1.82, 2.24) is 14.8 Å². The maximum atomic E-state index is 6.55. The minimum Gasteiger partial charge on any atom is -0.324 e. The maximum absolute atomic E-state index is 6.55. The fourth-order valence-corrected chi connectivity index (χ4v) is 2.77. The monoisotopic (exact) mass is 242 g/mol. The third-order valence-corrected chi connectivity index (χ3v) is 3.87. The number of nitrogens with zero attached hydrogens (tertiary/aromatic N) is 3. The van der Waals surface area contributed by atoms with Crippen molar-refractivity contribution in [2.24, 2.45) is 12.8 Å². The van der Waals surface area contributed by atoms with E-state index >= 15 is 0 Å². The highest BCUT2D eigenvalue weighted by Crippen LogP contribution is 2.29. The average Bonchev–Trinajstić information content (AvgIpc) is 2.74. The Balaban J connectivity index is 1.84. The number of rotatable bonds is 2. The van der Waals surface area contributed by atoms with Gasteiger partial charge in [-0.25, -0.2) is 4.98 Å². The van der Waals surface area contributed by atoms with Crippen LogP contribution in [-0.2, 0) is 26.3 Å². The van der Waals surface area contributed by atoms with Crippen molar-refractivity contribution in [3.63, 3.8) is 0 Å². The topological polar surface area (TPSA) is 56.7 Å². The summed E-state index contributed by atoms with van der Waals surface area (Å²) in [6, 6.07) is 8.59. The molecule has 1 atom stereocenters. The number of fused-ring (bicyclic) bond motifs is 1. The van der Waals surface area contributed by atoms with Crippen LogP contribution in [0.4, 0.5) is 0 Å². The quantitative estimate of drug-likeness (QED) is 0.862. The van der Waals surface area contributed by atoms with Crippen LogP contribution >= 0.6 is 0 Å². The molecule has 0 bridgehead atoms. The lowest BCUT2D eigenvalue weighted by atomic mass is 9.76. The summed E-state index contributed by atoms with van der Waals surface area (Å²) in [5.41, 5.74) is 9.19. The zero-order valence-corrected chi connectivity index (χ0v) is 10.6. The van der Waals surface area contributed by atoms with Crippen LogP contribution in [0.2, 0.25) is 0 Å². The molecule has 0 saturated heterocycles. The van der Waals surface area contributed by atoms with Gasteiger partial charge in [0, 0.05) is 19.0 Å². The normalized spacial score (nSPS) is 22.8. The second-order valence-corrected chi connectivity index (χ2v) is 5.28. The third-order valence-electron chi connectivity index (χ3n) is 3.87. The summed E-state index contributed by atoms with van der Waals surface area (Å²) in [5.74, 6) is 0.969. The van der Waals surface area contributed by atoms with E-state index < -0.39 is 0 Å². The van der Waals surface area contributed by atoms with Crippen molar-refractivity contribution in [2.45, 2.75) is 31.2 Å². The van der Waals surface area contributed by atoms with Gasteiger partial charge >= 0.3 is 0 Å². The summed E-state index contributed by atoms with van der Waals surface area (Å²) >= 11 is 0. The summed E-state index contributed by atoms with van der Waals surface area (Å²) in [5, 5.41) is 4.11. The van der Waals surface area contributed by atoms with Crippen molar-refractivity contribution in [2.75, 3.05) is 0 Å². The molecule has 94 valence electrons. The van der Waals surface area contributed by atoms with Gasteiger partial charge in [-0.2, -0.15) is 5.10 Å². The van der Waals surface area contributed by atoms with Crippen molar-refractivity contribution >= 4 is 0 Å². The molecule has 2 aromatic rings. The second-order valence-electron chi connectivity index (χ2n) is 5.28. The number of aryl methyl sites for hydroxylation is 2. The van der Waals surface area contributed by atoms with E-state index in [1.54, 1.807) is 6.33 Å². The van der Waals surface area contributed by atoms with Crippen LogP contribution in [0.3, 0.4) is 0 Å². The first-order valence-corrected chi connectivity index (χ1v) is 6.35. The van der Waals surface area contributed by atoms with Gasteiger partial charge in [-0.15, -0.1) is 0 Å². The first kappa shape index (κ1) is 11.4. The van der Waals surface area contributed by atoms with Crippen LogP contribution in [0, 0.1) is 0 Å². The van der Waals surface area contributed by atoms with Crippen LogP contribution in [-0.4, -0.2) is 20.3 Å². The molecule has 4 nitrogen and oxygen atoms in total. The molecule has 1 aliphatic carbocycles. The maximum Gasteiger partial charge on any atom is 0.138 e. The molecule has 0 radical (unpaired) electrons. The van der Waals surface area contributed by atoms with Gasteiger partial charge in [0.25, 0.3) is 0 Å². The minimum absolute atomic E-state index is 0.185. The fourth-order valence-electron chi connectivity index (χ4n) is 2.77. The Morgan fingerprint density at radius 3 is 2.83 bits per heavy atom. The Morgan fingerprint density at radius 2 is 2.11 bits per heavy atom. The molecule has 0 saturated carbocycles. The van der Waals surface area contributed by atoms with Crippen LogP contribution in [0.5, 0.6) is 0 Å². The van der Waals surface area contributed by atoms with Crippen molar-refractivity contribution in [3.8, 4) is 0 Å². The molecule has 0 spiro atoms. The average molecular weight is 242 g/mol. The van der Waals surface area contributed by atoms with E-state index in [1.807, 2.05) is 11.7 Å². The lowest BCUT2D eigenvalue weighted by Gasteiger charge is -2.34. The summed E-state index contributed by atoms with van der Waals surface area (Å²) < 4.78 is 1.81. The van der Waals surface area contributed by atoms with E-state index in [2.05, 4.69) is 34.3 Å². The van der Waals surface area contributed by atoms with Gasteiger partial charge in [0.05, 0.1) is 0 Å².